The van der Waals surface area contributed by atoms with Crippen LogP contribution in [-0.2, 0) is 0 Å². The number of methoxy groups -OCH3 is 1. The minimum atomic E-state index is -4.18. The highest BCUT2D eigenvalue weighted by molar-refractivity contribution is 5.30. The van der Waals surface area contributed by atoms with Gasteiger partial charge >= 0.3 is 6.18 Å². The van der Waals surface area contributed by atoms with Crippen LogP contribution in [0.25, 0.3) is 0 Å². The molecule has 0 spiro atoms. The lowest BCUT2D eigenvalue weighted by molar-refractivity contribution is -0.143. The molecule has 1 aromatic carbocycles. The standard InChI is InChI=1S/C15H23F3N2O/c1-4-8-19-14(10-20(2)11-15(16,17)18)12-6-5-7-13(9-12)21-3/h5-7,9,14,19H,4,8,10-11H2,1-3H3. The number of rotatable bonds is 8. The van der Waals surface area contributed by atoms with E-state index in [0.717, 1.165) is 18.5 Å². The predicted octanol–water partition coefficient (Wildman–Crippen LogP) is 3.23. The summed E-state index contributed by atoms with van der Waals surface area (Å²) < 4.78 is 42.5. The van der Waals surface area contributed by atoms with Crippen molar-refractivity contribution in [2.45, 2.75) is 25.6 Å². The summed E-state index contributed by atoms with van der Waals surface area (Å²) in [5, 5.41) is 3.29. The van der Waals surface area contributed by atoms with Gasteiger partial charge in [0.2, 0.25) is 0 Å². The lowest BCUT2D eigenvalue weighted by atomic mass is 10.1. The van der Waals surface area contributed by atoms with E-state index in [9.17, 15) is 13.2 Å². The number of ether oxygens (including phenoxy) is 1. The first kappa shape index (κ1) is 17.8. The molecule has 1 atom stereocenters. The third-order valence-corrected chi connectivity index (χ3v) is 3.08. The van der Waals surface area contributed by atoms with E-state index in [-0.39, 0.29) is 12.6 Å². The summed E-state index contributed by atoms with van der Waals surface area (Å²) in [6.07, 6.45) is -3.26. The van der Waals surface area contributed by atoms with Crippen LogP contribution >= 0.6 is 0 Å². The lowest BCUT2D eigenvalue weighted by Crippen LogP contribution is -2.38. The zero-order chi connectivity index (χ0) is 15.9. The van der Waals surface area contributed by atoms with E-state index in [2.05, 4.69) is 5.32 Å². The largest absolute Gasteiger partial charge is 0.497 e. The Balaban J connectivity index is 2.79. The van der Waals surface area contributed by atoms with Crippen LogP contribution in [0, 0.1) is 0 Å². The molecule has 1 aromatic rings. The van der Waals surface area contributed by atoms with Gasteiger partial charge in [-0.2, -0.15) is 13.2 Å². The van der Waals surface area contributed by atoms with Crippen LogP contribution in [0.4, 0.5) is 13.2 Å². The van der Waals surface area contributed by atoms with Crippen molar-refractivity contribution in [1.29, 1.82) is 0 Å². The molecule has 0 amide bonds. The van der Waals surface area contributed by atoms with Crippen LogP contribution in [0.2, 0.25) is 0 Å². The Labute approximate surface area is 124 Å². The number of nitrogens with zero attached hydrogens (tertiary/aromatic N) is 1. The molecular formula is C15H23F3N2O. The molecule has 120 valence electrons. The van der Waals surface area contributed by atoms with Crippen LogP contribution < -0.4 is 10.1 Å². The minimum Gasteiger partial charge on any atom is -0.497 e. The van der Waals surface area contributed by atoms with E-state index in [1.165, 1.54) is 11.9 Å². The van der Waals surface area contributed by atoms with Crippen LogP contribution in [0.3, 0.4) is 0 Å². The summed E-state index contributed by atoms with van der Waals surface area (Å²) in [6.45, 7) is 2.14. The molecule has 1 rings (SSSR count). The summed E-state index contributed by atoms with van der Waals surface area (Å²) >= 11 is 0. The zero-order valence-corrected chi connectivity index (χ0v) is 12.7. The Morgan fingerprint density at radius 2 is 2.05 bits per heavy atom. The fourth-order valence-electron chi connectivity index (χ4n) is 2.15. The molecule has 3 nitrogen and oxygen atoms in total. The molecule has 0 radical (unpaired) electrons. The van der Waals surface area contributed by atoms with Crippen molar-refractivity contribution in [2.75, 3.05) is 33.8 Å². The first-order valence-electron chi connectivity index (χ1n) is 6.98. The van der Waals surface area contributed by atoms with Gasteiger partial charge in [-0.15, -0.1) is 0 Å². The number of alkyl halides is 3. The van der Waals surface area contributed by atoms with Gasteiger partial charge in [0.25, 0.3) is 0 Å². The zero-order valence-electron chi connectivity index (χ0n) is 12.7. The summed E-state index contributed by atoms with van der Waals surface area (Å²) in [4.78, 5) is 1.28. The van der Waals surface area contributed by atoms with Crippen molar-refractivity contribution in [2.24, 2.45) is 0 Å². The van der Waals surface area contributed by atoms with Crippen molar-refractivity contribution >= 4 is 0 Å². The normalized spacial score (nSPS) is 13.5. The third-order valence-electron chi connectivity index (χ3n) is 3.08. The van der Waals surface area contributed by atoms with Crippen LogP contribution in [0.5, 0.6) is 5.75 Å². The van der Waals surface area contributed by atoms with Crippen molar-refractivity contribution in [1.82, 2.24) is 10.2 Å². The van der Waals surface area contributed by atoms with Crippen LogP contribution in [0.1, 0.15) is 24.9 Å². The van der Waals surface area contributed by atoms with E-state index >= 15 is 0 Å². The number of likely N-dealkylation sites (N-methyl/N-ethyl adjacent to an activating group) is 1. The van der Waals surface area contributed by atoms with Crippen LogP contribution in [0.15, 0.2) is 24.3 Å². The topological polar surface area (TPSA) is 24.5 Å². The molecule has 1 unspecified atom stereocenters. The first-order valence-corrected chi connectivity index (χ1v) is 6.98. The third kappa shape index (κ3) is 6.82. The summed E-state index contributed by atoms with van der Waals surface area (Å²) in [5.41, 5.74) is 0.928. The molecule has 0 bridgehead atoms. The van der Waals surface area contributed by atoms with Crippen LogP contribution in [-0.4, -0.2) is 44.9 Å². The molecule has 0 aromatic heterocycles. The van der Waals surface area contributed by atoms with E-state index in [1.54, 1.807) is 7.11 Å². The lowest BCUT2D eigenvalue weighted by Gasteiger charge is -2.26. The number of halogens is 3. The number of nitrogens with one attached hydrogen (secondary N) is 1. The number of hydrogen-bond acceptors (Lipinski definition) is 3. The van der Waals surface area contributed by atoms with Gasteiger partial charge in [0.05, 0.1) is 13.7 Å². The smallest absolute Gasteiger partial charge is 0.401 e. The second-order valence-corrected chi connectivity index (χ2v) is 5.10. The number of hydrogen-bond donors (Lipinski definition) is 1. The Kier molecular flexibility index (Phi) is 6.98. The van der Waals surface area contributed by atoms with Gasteiger partial charge in [0.15, 0.2) is 0 Å². The summed E-state index contributed by atoms with van der Waals surface area (Å²) in [5.74, 6) is 0.703. The predicted molar refractivity (Wildman–Crippen MR) is 77.6 cm³/mol. The van der Waals surface area contributed by atoms with Gasteiger partial charge in [-0.3, -0.25) is 4.90 Å². The van der Waals surface area contributed by atoms with Crippen molar-refractivity contribution in [3.63, 3.8) is 0 Å². The minimum absolute atomic E-state index is 0.160. The molecule has 0 aliphatic rings. The van der Waals surface area contributed by atoms with Gasteiger partial charge < -0.3 is 10.1 Å². The van der Waals surface area contributed by atoms with Crippen molar-refractivity contribution < 1.29 is 17.9 Å². The van der Waals surface area contributed by atoms with E-state index < -0.39 is 12.7 Å². The quantitative estimate of drug-likeness (QED) is 0.798. The van der Waals surface area contributed by atoms with Crippen molar-refractivity contribution in [3.05, 3.63) is 29.8 Å². The van der Waals surface area contributed by atoms with E-state index in [1.807, 2.05) is 31.2 Å². The molecule has 1 N–H and O–H groups in total. The van der Waals surface area contributed by atoms with Crippen molar-refractivity contribution in [3.8, 4) is 5.75 Å². The Morgan fingerprint density at radius 1 is 1.33 bits per heavy atom. The molecule has 0 heterocycles. The molecule has 0 saturated carbocycles. The maximum atomic E-state index is 12.4. The van der Waals surface area contributed by atoms with E-state index in [0.29, 0.717) is 5.75 Å². The molecule has 6 heteroatoms. The summed E-state index contributed by atoms with van der Waals surface area (Å²) in [6, 6.07) is 7.26. The number of benzene rings is 1. The maximum absolute atomic E-state index is 12.4. The van der Waals surface area contributed by atoms with Gasteiger partial charge in [-0.05, 0) is 37.7 Å². The SMILES string of the molecule is CCCNC(CN(C)CC(F)(F)F)c1cccc(OC)c1. The van der Waals surface area contributed by atoms with E-state index in [4.69, 9.17) is 4.74 Å². The molecule has 0 aliphatic carbocycles. The maximum Gasteiger partial charge on any atom is 0.401 e. The van der Waals surface area contributed by atoms with Gasteiger partial charge in [-0.25, -0.2) is 0 Å². The average molecular weight is 304 g/mol. The molecule has 0 aliphatic heterocycles. The highest BCUT2D eigenvalue weighted by Gasteiger charge is 2.30. The monoisotopic (exact) mass is 304 g/mol. The fraction of sp³-hybridized carbons (Fsp3) is 0.600. The molecule has 21 heavy (non-hydrogen) atoms. The van der Waals surface area contributed by atoms with Gasteiger partial charge in [0.1, 0.15) is 5.75 Å². The molecular weight excluding hydrogens is 281 g/mol. The Hall–Kier alpha value is -1.27. The Morgan fingerprint density at radius 3 is 2.62 bits per heavy atom. The van der Waals surface area contributed by atoms with Gasteiger partial charge in [-0.1, -0.05) is 19.1 Å². The highest BCUT2D eigenvalue weighted by Crippen LogP contribution is 2.22. The van der Waals surface area contributed by atoms with Gasteiger partial charge in [0, 0.05) is 12.6 Å². The first-order chi connectivity index (χ1) is 9.85. The molecule has 0 saturated heterocycles. The Bertz CT molecular complexity index is 424. The summed E-state index contributed by atoms with van der Waals surface area (Å²) in [7, 11) is 3.05. The highest BCUT2D eigenvalue weighted by atomic mass is 19.4. The second-order valence-electron chi connectivity index (χ2n) is 5.10. The average Bonchev–Trinajstić information content (AvgIpc) is 2.41. The second kappa shape index (κ2) is 8.24. The fourth-order valence-corrected chi connectivity index (χ4v) is 2.15. The molecule has 0 fully saturated rings.